The number of halogens is 1. The molecule has 2 nitrogen and oxygen atoms in total. The van der Waals surface area contributed by atoms with E-state index >= 15 is 0 Å². The predicted octanol–water partition coefficient (Wildman–Crippen LogP) is 3.94. The lowest BCUT2D eigenvalue weighted by Crippen LogP contribution is -2.23. The maximum Gasteiger partial charge on any atom is 0.141 e. The number of benzene rings is 1. The molecule has 0 saturated heterocycles. The van der Waals surface area contributed by atoms with Crippen LogP contribution in [0.4, 0.5) is 4.39 Å². The van der Waals surface area contributed by atoms with Crippen LogP contribution in [0.5, 0.6) is 0 Å². The van der Waals surface area contributed by atoms with Gasteiger partial charge in [-0.1, -0.05) is 29.8 Å². The van der Waals surface area contributed by atoms with Crippen LogP contribution in [0.3, 0.4) is 0 Å². The highest BCUT2D eigenvalue weighted by Gasteiger charge is 2.12. The molecule has 0 amide bonds. The van der Waals surface area contributed by atoms with Gasteiger partial charge in [0, 0.05) is 12.1 Å². The van der Waals surface area contributed by atoms with Crippen molar-refractivity contribution in [2.24, 2.45) is 0 Å². The van der Waals surface area contributed by atoms with Crippen LogP contribution < -0.4 is 5.32 Å². The molecule has 0 bridgehead atoms. The summed E-state index contributed by atoms with van der Waals surface area (Å²) >= 11 is 0. The summed E-state index contributed by atoms with van der Waals surface area (Å²) in [5.41, 5.74) is 3.34. The van der Waals surface area contributed by atoms with Crippen LogP contribution in [0.2, 0.25) is 0 Å². The molecule has 0 spiro atoms. The molecule has 0 radical (unpaired) electrons. The van der Waals surface area contributed by atoms with Gasteiger partial charge in [-0.25, -0.2) is 4.39 Å². The van der Waals surface area contributed by atoms with Gasteiger partial charge in [-0.05, 0) is 38.5 Å². The van der Waals surface area contributed by atoms with Gasteiger partial charge in [0.2, 0.25) is 0 Å². The average Bonchev–Trinajstić information content (AvgIpc) is 2.40. The Balaban J connectivity index is 2.03. The number of nitrogens with zero attached hydrogens (tertiary/aromatic N) is 1. The smallest absolute Gasteiger partial charge is 0.141 e. The summed E-state index contributed by atoms with van der Waals surface area (Å²) in [4.78, 5) is 4.10. The Morgan fingerprint density at radius 2 is 1.68 bits per heavy atom. The lowest BCUT2D eigenvalue weighted by Gasteiger charge is -2.20. The summed E-state index contributed by atoms with van der Waals surface area (Å²) in [6.07, 6.45) is 1.25. The Morgan fingerprint density at radius 1 is 1.00 bits per heavy atom. The first-order valence-corrected chi connectivity index (χ1v) is 6.50. The van der Waals surface area contributed by atoms with Gasteiger partial charge in [-0.2, -0.15) is 0 Å². The van der Waals surface area contributed by atoms with Gasteiger partial charge in [-0.15, -0.1) is 0 Å². The molecule has 19 heavy (non-hydrogen) atoms. The van der Waals surface area contributed by atoms with Gasteiger partial charge in [0.15, 0.2) is 0 Å². The molecule has 0 saturated carbocycles. The van der Waals surface area contributed by atoms with Gasteiger partial charge in [-0.3, -0.25) is 4.98 Å². The van der Waals surface area contributed by atoms with E-state index in [1.165, 1.54) is 23.4 Å². The van der Waals surface area contributed by atoms with Crippen molar-refractivity contribution in [3.63, 3.8) is 0 Å². The largest absolute Gasteiger partial charge is 0.302 e. The first kappa shape index (κ1) is 13.7. The van der Waals surface area contributed by atoms with Gasteiger partial charge in [0.1, 0.15) is 5.82 Å². The maximum atomic E-state index is 12.8. The van der Waals surface area contributed by atoms with Gasteiger partial charge >= 0.3 is 0 Å². The summed E-state index contributed by atoms with van der Waals surface area (Å²) in [6, 6.07) is 11.9. The van der Waals surface area contributed by atoms with E-state index in [0.717, 1.165) is 5.69 Å². The van der Waals surface area contributed by atoms with E-state index < -0.39 is 0 Å². The van der Waals surface area contributed by atoms with E-state index in [2.05, 4.69) is 48.4 Å². The van der Waals surface area contributed by atoms with Crippen LogP contribution in [0.15, 0.2) is 42.6 Å². The molecule has 100 valence electrons. The lowest BCUT2D eigenvalue weighted by atomic mass is 10.1. The SMILES string of the molecule is Cc1ccc([C@H](C)NC(C)c2ccc(F)cn2)cc1. The third kappa shape index (κ3) is 3.61. The molecular formula is C16H19FN2. The zero-order valence-electron chi connectivity index (χ0n) is 11.5. The van der Waals surface area contributed by atoms with E-state index in [9.17, 15) is 4.39 Å². The molecule has 0 aliphatic heterocycles. The molecular weight excluding hydrogens is 239 g/mol. The highest BCUT2D eigenvalue weighted by Crippen LogP contribution is 2.18. The number of pyridine rings is 1. The Hall–Kier alpha value is -1.74. The standard InChI is InChI=1S/C16H19FN2/c1-11-4-6-14(7-5-11)12(2)19-13(3)16-9-8-15(17)10-18-16/h4-10,12-13,19H,1-3H3/t12-,13?/m0/s1. The molecule has 0 aliphatic carbocycles. The van der Waals surface area contributed by atoms with Crippen molar-refractivity contribution in [3.8, 4) is 0 Å². The molecule has 1 N–H and O–H groups in total. The van der Waals surface area contributed by atoms with E-state index in [1.807, 2.05) is 6.92 Å². The fraction of sp³-hybridized carbons (Fsp3) is 0.312. The Morgan fingerprint density at radius 3 is 2.26 bits per heavy atom. The molecule has 2 aromatic rings. The normalized spacial score (nSPS) is 14.1. The van der Waals surface area contributed by atoms with Crippen molar-refractivity contribution >= 4 is 0 Å². The summed E-state index contributed by atoms with van der Waals surface area (Å²) in [7, 11) is 0. The summed E-state index contributed by atoms with van der Waals surface area (Å²) in [5.74, 6) is -0.303. The van der Waals surface area contributed by atoms with Crippen molar-refractivity contribution in [1.82, 2.24) is 10.3 Å². The minimum Gasteiger partial charge on any atom is -0.302 e. The van der Waals surface area contributed by atoms with E-state index in [0.29, 0.717) is 0 Å². The van der Waals surface area contributed by atoms with Gasteiger partial charge in [0.05, 0.1) is 11.9 Å². The molecule has 2 rings (SSSR count). The zero-order chi connectivity index (χ0) is 13.8. The van der Waals surface area contributed by atoms with E-state index in [1.54, 1.807) is 6.07 Å². The second-order valence-electron chi connectivity index (χ2n) is 4.92. The maximum absolute atomic E-state index is 12.8. The minimum atomic E-state index is -0.303. The van der Waals surface area contributed by atoms with E-state index in [4.69, 9.17) is 0 Å². The van der Waals surface area contributed by atoms with Crippen molar-refractivity contribution < 1.29 is 4.39 Å². The molecule has 1 heterocycles. The minimum absolute atomic E-state index is 0.0805. The van der Waals surface area contributed by atoms with Crippen molar-refractivity contribution in [2.75, 3.05) is 0 Å². The Labute approximate surface area is 113 Å². The number of aryl methyl sites for hydroxylation is 1. The molecule has 1 unspecified atom stereocenters. The molecule has 1 aromatic heterocycles. The number of nitrogens with one attached hydrogen (secondary N) is 1. The zero-order valence-corrected chi connectivity index (χ0v) is 11.5. The summed E-state index contributed by atoms with van der Waals surface area (Å²) in [5, 5.41) is 3.47. The quantitative estimate of drug-likeness (QED) is 0.898. The third-order valence-electron chi connectivity index (χ3n) is 3.27. The Bertz CT molecular complexity index is 470. The first-order chi connectivity index (χ1) is 9.06. The molecule has 1 aromatic carbocycles. The molecule has 3 heteroatoms. The topological polar surface area (TPSA) is 24.9 Å². The highest BCUT2D eigenvalue weighted by atomic mass is 19.1. The van der Waals surface area contributed by atoms with Crippen LogP contribution in [0.1, 0.15) is 42.8 Å². The number of aromatic nitrogens is 1. The Kier molecular flexibility index (Phi) is 4.27. The predicted molar refractivity (Wildman–Crippen MR) is 75.3 cm³/mol. The molecule has 2 atom stereocenters. The lowest BCUT2D eigenvalue weighted by molar-refractivity contribution is 0.484. The summed E-state index contributed by atoms with van der Waals surface area (Å²) in [6.45, 7) is 6.22. The fourth-order valence-corrected chi connectivity index (χ4v) is 2.06. The molecule has 0 fully saturated rings. The summed E-state index contributed by atoms with van der Waals surface area (Å²) < 4.78 is 12.8. The number of hydrogen-bond donors (Lipinski definition) is 1. The molecule has 0 aliphatic rings. The van der Waals surface area contributed by atoms with Crippen LogP contribution in [-0.4, -0.2) is 4.98 Å². The second-order valence-corrected chi connectivity index (χ2v) is 4.92. The third-order valence-corrected chi connectivity index (χ3v) is 3.27. The van der Waals surface area contributed by atoms with Gasteiger partial charge in [0.25, 0.3) is 0 Å². The van der Waals surface area contributed by atoms with E-state index in [-0.39, 0.29) is 17.9 Å². The first-order valence-electron chi connectivity index (χ1n) is 6.50. The van der Waals surface area contributed by atoms with Crippen LogP contribution >= 0.6 is 0 Å². The van der Waals surface area contributed by atoms with Crippen molar-refractivity contribution in [2.45, 2.75) is 32.9 Å². The van der Waals surface area contributed by atoms with Crippen LogP contribution in [0, 0.1) is 12.7 Å². The average molecular weight is 258 g/mol. The van der Waals surface area contributed by atoms with Crippen LogP contribution in [0.25, 0.3) is 0 Å². The number of rotatable bonds is 4. The van der Waals surface area contributed by atoms with Crippen molar-refractivity contribution in [1.29, 1.82) is 0 Å². The van der Waals surface area contributed by atoms with Crippen molar-refractivity contribution in [3.05, 3.63) is 65.2 Å². The van der Waals surface area contributed by atoms with Gasteiger partial charge < -0.3 is 5.32 Å². The fourth-order valence-electron chi connectivity index (χ4n) is 2.06. The highest BCUT2D eigenvalue weighted by molar-refractivity contribution is 5.24. The monoisotopic (exact) mass is 258 g/mol. The second kappa shape index (κ2) is 5.93. The van der Waals surface area contributed by atoms with Crippen LogP contribution in [-0.2, 0) is 0 Å². The number of hydrogen-bond acceptors (Lipinski definition) is 2.